The van der Waals surface area contributed by atoms with Crippen molar-refractivity contribution in [2.45, 2.75) is 70.0 Å². The first kappa shape index (κ1) is 24.5. The summed E-state index contributed by atoms with van der Waals surface area (Å²) >= 11 is 0. The van der Waals surface area contributed by atoms with Crippen molar-refractivity contribution < 1.29 is 18.8 Å². The van der Waals surface area contributed by atoms with Gasteiger partial charge >= 0.3 is 6.09 Å². The van der Waals surface area contributed by atoms with Crippen molar-refractivity contribution in [1.82, 2.24) is 9.80 Å². The number of cyclic esters (lactones) is 1. The van der Waals surface area contributed by atoms with E-state index in [1.807, 2.05) is 65.6 Å². The second kappa shape index (κ2) is 9.54. The summed E-state index contributed by atoms with van der Waals surface area (Å²) < 4.78 is 11.9. The molecule has 2 heterocycles. The maximum atomic E-state index is 13.4. The average molecular weight is 481 g/mol. The van der Waals surface area contributed by atoms with Gasteiger partial charge in [0.1, 0.15) is 12.6 Å². The molecule has 0 radical (unpaired) electrons. The quantitative estimate of drug-likeness (QED) is 0.376. The topological polar surface area (TPSA) is 59.1 Å². The molecule has 2 aliphatic rings. The zero-order valence-electron chi connectivity index (χ0n) is 20.9. The van der Waals surface area contributed by atoms with Crippen LogP contribution in [-0.4, -0.2) is 55.4 Å². The maximum Gasteiger partial charge on any atom is 0.411 e. The van der Waals surface area contributed by atoms with Gasteiger partial charge in [-0.3, -0.25) is 9.69 Å². The van der Waals surface area contributed by atoms with Crippen LogP contribution in [0.25, 0.3) is 0 Å². The van der Waals surface area contributed by atoms with Crippen LogP contribution in [0.2, 0.25) is 18.1 Å². The van der Waals surface area contributed by atoms with Gasteiger partial charge in [-0.15, -0.1) is 0 Å². The van der Waals surface area contributed by atoms with E-state index >= 15 is 0 Å². The summed E-state index contributed by atoms with van der Waals surface area (Å²) in [5.41, 5.74) is 2.06. The van der Waals surface area contributed by atoms with Crippen LogP contribution in [0.1, 0.15) is 44.4 Å². The van der Waals surface area contributed by atoms with E-state index in [9.17, 15) is 9.59 Å². The number of hydrogen-bond acceptors (Lipinski definition) is 4. The van der Waals surface area contributed by atoms with Crippen LogP contribution in [-0.2, 0) is 20.5 Å². The molecule has 0 aliphatic carbocycles. The van der Waals surface area contributed by atoms with E-state index in [1.54, 1.807) is 4.90 Å². The lowest BCUT2D eigenvalue weighted by molar-refractivity contribution is -0.160. The Morgan fingerprint density at radius 3 is 2.24 bits per heavy atom. The first-order valence-corrected chi connectivity index (χ1v) is 15.0. The van der Waals surface area contributed by atoms with Crippen LogP contribution in [0.3, 0.4) is 0 Å². The molecule has 0 unspecified atom stereocenters. The number of carbonyl (C=O) groups is 2. The van der Waals surface area contributed by atoms with E-state index in [1.165, 1.54) is 0 Å². The van der Waals surface area contributed by atoms with Gasteiger partial charge in [-0.2, -0.15) is 0 Å². The highest BCUT2D eigenvalue weighted by Crippen LogP contribution is 2.40. The molecule has 0 spiro atoms. The number of hydrogen-bond donors (Lipinski definition) is 0. The molecular weight excluding hydrogens is 444 g/mol. The molecule has 6 nitrogen and oxygen atoms in total. The third-order valence-corrected chi connectivity index (χ3v) is 12.1. The molecule has 34 heavy (non-hydrogen) atoms. The predicted octanol–water partition coefficient (Wildman–Crippen LogP) is 5.37. The summed E-state index contributed by atoms with van der Waals surface area (Å²) in [6.45, 7) is 12.5. The highest BCUT2D eigenvalue weighted by atomic mass is 28.4. The number of amides is 2. The van der Waals surface area contributed by atoms with Gasteiger partial charge in [-0.1, -0.05) is 81.4 Å². The average Bonchev–Trinajstić information content (AvgIpc) is 3.18. The number of likely N-dealkylation sites (tertiary alicyclic amines) is 1. The largest absolute Gasteiger partial charge is 0.447 e. The summed E-state index contributed by atoms with van der Waals surface area (Å²) in [6, 6.07) is 18.9. The van der Waals surface area contributed by atoms with Gasteiger partial charge in [0.2, 0.25) is 5.91 Å². The second-order valence-electron chi connectivity index (χ2n) is 10.8. The van der Waals surface area contributed by atoms with E-state index in [-0.39, 0.29) is 29.6 Å². The first-order chi connectivity index (χ1) is 16.1. The fraction of sp³-hybridized carbons (Fsp3) is 0.481. The fourth-order valence-electron chi connectivity index (χ4n) is 4.50. The second-order valence-corrected chi connectivity index (χ2v) is 15.6. The summed E-state index contributed by atoms with van der Waals surface area (Å²) in [6.07, 6.45) is 0.267. The molecule has 2 amide bonds. The molecule has 182 valence electrons. The van der Waals surface area contributed by atoms with Crippen molar-refractivity contribution in [3.05, 3.63) is 71.8 Å². The van der Waals surface area contributed by atoms with E-state index in [0.717, 1.165) is 11.1 Å². The Hall–Kier alpha value is -2.64. The zero-order valence-corrected chi connectivity index (χ0v) is 21.9. The normalized spacial score (nSPS) is 23.1. The molecule has 0 N–H and O–H groups in total. The molecule has 2 aromatic carbocycles. The van der Waals surface area contributed by atoms with Crippen LogP contribution in [0.5, 0.6) is 0 Å². The first-order valence-electron chi connectivity index (χ1n) is 12.1. The van der Waals surface area contributed by atoms with Gasteiger partial charge in [-0.25, -0.2) is 4.79 Å². The molecule has 2 fully saturated rings. The molecule has 2 aliphatic heterocycles. The molecule has 7 heteroatoms. The van der Waals surface area contributed by atoms with Crippen molar-refractivity contribution in [2.24, 2.45) is 0 Å². The van der Waals surface area contributed by atoms with E-state index in [4.69, 9.17) is 9.16 Å². The minimum Gasteiger partial charge on any atom is -0.447 e. The standard InChI is InChI=1S/C27H36N2O4Si/c1-27(2,3)34(4,5)33-17-16-22-24(25(30)28(22)18-20-12-8-6-9-13-20)29-23(19-32-26(29)31)21-14-10-7-11-15-21/h6-15,22-24H,16-19H2,1-5H3/t22-,23-,24+/m1/s1. The van der Waals surface area contributed by atoms with Crippen LogP contribution in [0.4, 0.5) is 4.79 Å². The molecule has 0 saturated carbocycles. The number of ether oxygens (including phenoxy) is 1. The van der Waals surface area contributed by atoms with Gasteiger partial charge in [0.25, 0.3) is 0 Å². The zero-order chi connectivity index (χ0) is 24.5. The minimum absolute atomic E-state index is 0.0269. The van der Waals surface area contributed by atoms with E-state index in [0.29, 0.717) is 19.6 Å². The Morgan fingerprint density at radius 2 is 1.62 bits per heavy atom. The SMILES string of the molecule is CC(C)(C)[Si](C)(C)OCC[C@@H]1[C@H](N2C(=O)OC[C@@H]2c2ccccc2)C(=O)N1Cc1ccccc1. The third-order valence-electron chi connectivity index (χ3n) is 7.57. The summed E-state index contributed by atoms with van der Waals surface area (Å²) in [7, 11) is -1.92. The van der Waals surface area contributed by atoms with E-state index < -0.39 is 20.5 Å². The van der Waals surface area contributed by atoms with Gasteiger partial charge < -0.3 is 14.1 Å². The van der Waals surface area contributed by atoms with Crippen LogP contribution >= 0.6 is 0 Å². The predicted molar refractivity (Wildman–Crippen MR) is 135 cm³/mol. The Balaban J connectivity index is 1.55. The summed E-state index contributed by atoms with van der Waals surface area (Å²) in [4.78, 5) is 29.8. The van der Waals surface area contributed by atoms with Crippen LogP contribution in [0.15, 0.2) is 60.7 Å². The number of β-lactam (4-membered cyclic amide) rings is 1. The number of benzene rings is 2. The highest BCUT2D eigenvalue weighted by Gasteiger charge is 2.55. The van der Waals surface area contributed by atoms with Gasteiger partial charge in [0.05, 0.1) is 12.1 Å². The summed E-state index contributed by atoms with van der Waals surface area (Å²) in [5, 5.41) is 0.114. The Morgan fingerprint density at radius 1 is 1.00 bits per heavy atom. The molecular formula is C27H36N2O4Si. The Bertz CT molecular complexity index is 1010. The van der Waals surface area contributed by atoms with Gasteiger partial charge in [-0.05, 0) is 35.7 Å². The minimum atomic E-state index is -1.92. The Kier molecular flexibility index (Phi) is 6.87. The fourth-order valence-corrected chi connectivity index (χ4v) is 5.56. The van der Waals surface area contributed by atoms with Gasteiger partial charge in [0.15, 0.2) is 8.32 Å². The van der Waals surface area contributed by atoms with Crippen molar-refractivity contribution in [3.8, 4) is 0 Å². The monoisotopic (exact) mass is 480 g/mol. The maximum absolute atomic E-state index is 13.4. The summed E-state index contributed by atoms with van der Waals surface area (Å²) in [5.74, 6) is -0.0269. The molecule has 3 atom stereocenters. The molecule has 2 saturated heterocycles. The molecule has 4 rings (SSSR count). The van der Waals surface area contributed by atoms with Crippen molar-refractivity contribution in [1.29, 1.82) is 0 Å². The lowest BCUT2D eigenvalue weighted by Gasteiger charge is -2.51. The van der Waals surface area contributed by atoms with Crippen molar-refractivity contribution in [2.75, 3.05) is 13.2 Å². The van der Waals surface area contributed by atoms with Crippen molar-refractivity contribution >= 4 is 20.3 Å². The van der Waals surface area contributed by atoms with Crippen LogP contribution in [0, 0.1) is 0 Å². The number of carbonyl (C=O) groups excluding carboxylic acids is 2. The lowest BCUT2D eigenvalue weighted by atomic mass is 9.88. The van der Waals surface area contributed by atoms with E-state index in [2.05, 4.69) is 33.9 Å². The third kappa shape index (κ3) is 4.77. The highest BCUT2D eigenvalue weighted by molar-refractivity contribution is 6.74. The van der Waals surface area contributed by atoms with Crippen LogP contribution < -0.4 is 0 Å². The van der Waals surface area contributed by atoms with Crippen molar-refractivity contribution in [3.63, 3.8) is 0 Å². The number of rotatable bonds is 8. The smallest absolute Gasteiger partial charge is 0.411 e. The van der Waals surface area contributed by atoms with Gasteiger partial charge in [0, 0.05) is 13.2 Å². The Labute approximate surface area is 204 Å². The molecule has 0 aromatic heterocycles. The lowest BCUT2D eigenvalue weighted by Crippen LogP contribution is -2.70. The molecule has 2 aromatic rings. The number of nitrogens with zero attached hydrogens (tertiary/aromatic N) is 2. The molecule has 0 bridgehead atoms.